The van der Waals surface area contributed by atoms with Crippen molar-refractivity contribution in [2.24, 2.45) is 0 Å². The van der Waals surface area contributed by atoms with E-state index in [4.69, 9.17) is 4.74 Å². The summed E-state index contributed by atoms with van der Waals surface area (Å²) in [5, 5.41) is 20.8. The maximum Gasteiger partial charge on any atom is 0.295 e. The van der Waals surface area contributed by atoms with E-state index < -0.39 is 17.7 Å². The molecule has 2 heterocycles. The molecule has 1 saturated heterocycles. The van der Waals surface area contributed by atoms with Crippen molar-refractivity contribution in [3.05, 3.63) is 95.3 Å². The molecular weight excluding hydrogens is 420 g/mol. The summed E-state index contributed by atoms with van der Waals surface area (Å²) in [6.45, 7) is 2.73. The first kappa shape index (κ1) is 22.1. The van der Waals surface area contributed by atoms with E-state index >= 15 is 0 Å². The predicted octanol–water partition coefficient (Wildman–Crippen LogP) is 4.20. The number of hydrogen-bond acceptors (Lipinski definition) is 6. The molecule has 2 aromatic carbocycles. The second-order valence-electron chi connectivity index (χ2n) is 7.75. The quantitative estimate of drug-likeness (QED) is 0.322. The van der Waals surface area contributed by atoms with E-state index in [2.05, 4.69) is 4.98 Å². The Morgan fingerprint density at radius 3 is 2.42 bits per heavy atom. The highest BCUT2D eigenvalue weighted by molar-refractivity contribution is 6.46. The van der Waals surface area contributed by atoms with Crippen LogP contribution >= 0.6 is 0 Å². The monoisotopic (exact) mass is 444 g/mol. The molecule has 0 radical (unpaired) electrons. The molecule has 7 heteroatoms. The molecule has 33 heavy (non-hydrogen) atoms. The van der Waals surface area contributed by atoms with Crippen LogP contribution in [0.2, 0.25) is 0 Å². The summed E-state index contributed by atoms with van der Waals surface area (Å²) >= 11 is 0. The van der Waals surface area contributed by atoms with Gasteiger partial charge in [0, 0.05) is 24.5 Å². The van der Waals surface area contributed by atoms with E-state index in [1.807, 2.05) is 13.0 Å². The van der Waals surface area contributed by atoms with E-state index in [1.54, 1.807) is 54.9 Å². The largest absolute Gasteiger partial charge is 0.508 e. The van der Waals surface area contributed by atoms with Gasteiger partial charge >= 0.3 is 0 Å². The first-order chi connectivity index (χ1) is 16.0. The fourth-order valence-electron chi connectivity index (χ4n) is 3.82. The molecule has 1 aliphatic rings. The molecule has 1 aromatic heterocycles. The van der Waals surface area contributed by atoms with Gasteiger partial charge < -0.3 is 19.8 Å². The molecule has 7 nitrogen and oxygen atoms in total. The van der Waals surface area contributed by atoms with E-state index in [9.17, 15) is 19.8 Å². The molecule has 168 valence electrons. The molecule has 0 bridgehead atoms. The molecule has 0 unspecified atom stereocenters. The molecule has 1 amide bonds. The minimum absolute atomic E-state index is 0.00296. The van der Waals surface area contributed by atoms with Crippen LogP contribution in [-0.2, 0) is 16.1 Å². The lowest BCUT2D eigenvalue weighted by Crippen LogP contribution is -2.29. The van der Waals surface area contributed by atoms with Gasteiger partial charge in [0.25, 0.3) is 11.7 Å². The number of rotatable bonds is 7. The number of Topliss-reactive ketones (excluding diaryl/α,β-unsaturated/α-hetero) is 1. The van der Waals surface area contributed by atoms with Crippen LogP contribution < -0.4 is 4.74 Å². The number of amides is 1. The summed E-state index contributed by atoms with van der Waals surface area (Å²) in [5.74, 6) is -1.02. The Balaban J connectivity index is 1.78. The number of pyridine rings is 1. The van der Waals surface area contributed by atoms with Gasteiger partial charge in [-0.15, -0.1) is 0 Å². The lowest BCUT2D eigenvalue weighted by Gasteiger charge is -2.25. The number of nitrogens with zero attached hydrogens (tertiary/aromatic N) is 2. The fourth-order valence-corrected chi connectivity index (χ4v) is 3.82. The third kappa shape index (κ3) is 4.57. The minimum Gasteiger partial charge on any atom is -0.508 e. The fraction of sp³-hybridized carbons (Fsp3) is 0.192. The molecule has 3 aromatic rings. The standard InChI is InChI=1S/C26H24N2O5/c1-2-14-33-21-11-7-19(8-12-21)24(30)22-23(18-5-9-20(29)10-6-18)28(26(32)25(22)31)16-17-4-3-13-27-15-17/h3-13,15,23,29-30H,2,14,16H2,1H3/t23-/m1/s1. The normalized spacial score (nSPS) is 17.4. The number of phenols is 1. The number of likely N-dealkylation sites (tertiary alicyclic amines) is 1. The molecule has 2 N–H and O–H groups in total. The Kier molecular flexibility index (Phi) is 6.40. The van der Waals surface area contributed by atoms with Crippen LogP contribution in [0.3, 0.4) is 0 Å². The third-order valence-electron chi connectivity index (χ3n) is 5.43. The third-order valence-corrected chi connectivity index (χ3v) is 5.43. The summed E-state index contributed by atoms with van der Waals surface area (Å²) in [6, 6.07) is 15.7. The number of ketones is 1. The van der Waals surface area contributed by atoms with Gasteiger partial charge in [0.1, 0.15) is 17.3 Å². The number of hydrogen-bond donors (Lipinski definition) is 2. The van der Waals surface area contributed by atoms with E-state index in [0.29, 0.717) is 23.5 Å². The number of phenolic OH excluding ortho intramolecular Hbond substituents is 1. The second kappa shape index (κ2) is 9.56. The van der Waals surface area contributed by atoms with Crippen LogP contribution in [0, 0.1) is 0 Å². The highest BCUT2D eigenvalue weighted by atomic mass is 16.5. The number of benzene rings is 2. The van der Waals surface area contributed by atoms with Crippen molar-refractivity contribution in [2.45, 2.75) is 25.9 Å². The van der Waals surface area contributed by atoms with Crippen molar-refractivity contribution in [2.75, 3.05) is 6.61 Å². The van der Waals surface area contributed by atoms with Crippen molar-refractivity contribution in [1.82, 2.24) is 9.88 Å². The maximum absolute atomic E-state index is 13.1. The van der Waals surface area contributed by atoms with Gasteiger partial charge in [-0.25, -0.2) is 0 Å². The van der Waals surface area contributed by atoms with Gasteiger partial charge in [0.15, 0.2) is 0 Å². The average Bonchev–Trinajstić information content (AvgIpc) is 3.08. The van der Waals surface area contributed by atoms with Crippen molar-refractivity contribution in [3.63, 3.8) is 0 Å². The van der Waals surface area contributed by atoms with Gasteiger partial charge in [-0.05, 0) is 60.0 Å². The van der Waals surface area contributed by atoms with Gasteiger partial charge in [-0.1, -0.05) is 25.1 Å². The maximum atomic E-state index is 13.1. The number of aromatic hydroxyl groups is 1. The molecular formula is C26H24N2O5. The van der Waals surface area contributed by atoms with Crippen LogP contribution in [0.5, 0.6) is 11.5 Å². The summed E-state index contributed by atoms with van der Waals surface area (Å²) in [6.07, 6.45) is 4.12. The SMILES string of the molecule is CCCOc1ccc(C(O)=C2C(=O)C(=O)N(Cc3cccnc3)[C@@H]2c2ccc(O)cc2)cc1. The molecule has 1 fully saturated rings. The van der Waals surface area contributed by atoms with Crippen molar-refractivity contribution in [3.8, 4) is 11.5 Å². The van der Waals surface area contributed by atoms with Crippen LogP contribution in [0.25, 0.3) is 5.76 Å². The Bertz CT molecular complexity index is 1170. The highest BCUT2D eigenvalue weighted by Gasteiger charge is 2.46. The smallest absolute Gasteiger partial charge is 0.295 e. The number of aromatic nitrogens is 1. The molecule has 0 saturated carbocycles. The number of aliphatic hydroxyl groups excluding tert-OH is 1. The highest BCUT2D eigenvalue weighted by Crippen LogP contribution is 2.40. The Morgan fingerprint density at radius 1 is 1.06 bits per heavy atom. The van der Waals surface area contributed by atoms with Crippen LogP contribution in [0.15, 0.2) is 78.6 Å². The predicted molar refractivity (Wildman–Crippen MR) is 122 cm³/mol. The van der Waals surface area contributed by atoms with Gasteiger partial charge in [0.05, 0.1) is 18.2 Å². The summed E-state index contributed by atoms with van der Waals surface area (Å²) in [4.78, 5) is 31.6. The van der Waals surface area contributed by atoms with Crippen molar-refractivity contribution >= 4 is 17.4 Å². The molecule has 1 aliphatic heterocycles. The zero-order valence-corrected chi connectivity index (χ0v) is 18.1. The second-order valence-corrected chi connectivity index (χ2v) is 7.75. The number of carbonyl (C=O) groups is 2. The van der Waals surface area contributed by atoms with E-state index in [-0.39, 0.29) is 23.6 Å². The van der Waals surface area contributed by atoms with Gasteiger partial charge in [-0.3, -0.25) is 14.6 Å². The van der Waals surface area contributed by atoms with Crippen molar-refractivity contribution in [1.29, 1.82) is 0 Å². The summed E-state index contributed by atoms with van der Waals surface area (Å²) in [5.41, 5.74) is 1.75. The minimum atomic E-state index is -0.818. The van der Waals surface area contributed by atoms with Gasteiger partial charge in [-0.2, -0.15) is 0 Å². The Labute approximate surface area is 191 Å². The van der Waals surface area contributed by atoms with Crippen molar-refractivity contribution < 1.29 is 24.5 Å². The van der Waals surface area contributed by atoms with Crippen LogP contribution in [-0.4, -0.2) is 38.4 Å². The molecule has 0 aliphatic carbocycles. The first-order valence-corrected chi connectivity index (χ1v) is 10.7. The molecule has 0 spiro atoms. The lowest BCUT2D eigenvalue weighted by atomic mass is 9.95. The zero-order valence-electron chi connectivity index (χ0n) is 18.1. The van der Waals surface area contributed by atoms with Crippen LogP contribution in [0.1, 0.15) is 36.1 Å². The lowest BCUT2D eigenvalue weighted by molar-refractivity contribution is -0.140. The molecule has 1 atom stereocenters. The summed E-state index contributed by atoms with van der Waals surface area (Å²) < 4.78 is 5.58. The average molecular weight is 444 g/mol. The first-order valence-electron chi connectivity index (χ1n) is 10.7. The van der Waals surface area contributed by atoms with E-state index in [1.165, 1.54) is 17.0 Å². The van der Waals surface area contributed by atoms with E-state index in [0.717, 1.165) is 12.0 Å². The molecule has 4 rings (SSSR count). The number of ether oxygens (including phenoxy) is 1. The zero-order chi connectivity index (χ0) is 23.4. The Hall–Kier alpha value is -4.13. The number of carbonyl (C=O) groups excluding carboxylic acids is 2. The van der Waals surface area contributed by atoms with Gasteiger partial charge in [0.2, 0.25) is 0 Å². The summed E-state index contributed by atoms with van der Waals surface area (Å²) in [7, 11) is 0. The Morgan fingerprint density at radius 2 is 1.79 bits per heavy atom. The number of aliphatic hydroxyl groups is 1. The van der Waals surface area contributed by atoms with Crippen LogP contribution in [0.4, 0.5) is 0 Å². The topological polar surface area (TPSA) is 100.0 Å².